The fraction of sp³-hybridized carbons (Fsp3) is 0. The minimum Gasteiger partial charge on any atom is -0.449 e. The fourth-order valence-corrected chi connectivity index (χ4v) is 2.38. The molecule has 0 bridgehead atoms. The second-order valence-electron chi connectivity index (χ2n) is 5.13. The average Bonchev–Trinajstić information content (AvgIpc) is 2.63. The maximum absolute atomic E-state index is 11.2. The Balaban J connectivity index is 2.04. The Morgan fingerprint density at radius 1 is 0.720 bits per heavy atom. The van der Waals surface area contributed by atoms with E-state index >= 15 is 0 Å². The second-order valence-corrected chi connectivity index (χ2v) is 5.13. The number of hydrogen-bond donors (Lipinski definition) is 0. The Bertz CT molecular complexity index is 941. The van der Waals surface area contributed by atoms with Crippen molar-refractivity contribution in [2.45, 2.75) is 0 Å². The number of rotatable bonds is 5. The number of nitro benzene ring substituents is 2. The van der Waals surface area contributed by atoms with E-state index in [-0.39, 0.29) is 11.4 Å². The molecule has 0 spiro atoms. The van der Waals surface area contributed by atoms with Gasteiger partial charge in [-0.2, -0.15) is 0 Å². The maximum atomic E-state index is 11.2. The first kappa shape index (κ1) is 16.1. The zero-order valence-electron chi connectivity index (χ0n) is 12.9. The van der Waals surface area contributed by atoms with E-state index in [1.807, 2.05) is 42.5 Å². The van der Waals surface area contributed by atoms with Gasteiger partial charge in [-0.1, -0.05) is 48.5 Å². The molecule has 124 valence electrons. The molecule has 0 atom stereocenters. The molecule has 0 aliphatic carbocycles. The minimum atomic E-state index is -0.701. The largest absolute Gasteiger partial charge is 0.449 e. The quantitative estimate of drug-likeness (QED) is 0.484. The number of nitrogens with zero attached hydrogens (tertiary/aromatic N) is 2. The van der Waals surface area contributed by atoms with E-state index in [0.717, 1.165) is 17.2 Å². The van der Waals surface area contributed by atoms with E-state index in [2.05, 4.69) is 0 Å². The lowest BCUT2D eigenvalue weighted by Crippen LogP contribution is -1.96. The van der Waals surface area contributed by atoms with Gasteiger partial charge >= 0.3 is 5.69 Å². The Hall–Kier alpha value is -3.74. The lowest BCUT2D eigenvalue weighted by molar-refractivity contribution is -0.394. The van der Waals surface area contributed by atoms with Crippen LogP contribution in [0.1, 0.15) is 0 Å². The van der Waals surface area contributed by atoms with Crippen LogP contribution in [0, 0.1) is 20.2 Å². The van der Waals surface area contributed by atoms with E-state index < -0.39 is 15.5 Å². The van der Waals surface area contributed by atoms with Crippen molar-refractivity contribution in [3.63, 3.8) is 0 Å². The molecule has 3 aromatic rings. The van der Waals surface area contributed by atoms with E-state index in [4.69, 9.17) is 4.74 Å². The van der Waals surface area contributed by atoms with Crippen LogP contribution in [0.2, 0.25) is 0 Å². The van der Waals surface area contributed by atoms with Crippen molar-refractivity contribution < 1.29 is 14.6 Å². The molecular formula is C18H12N2O5. The minimum absolute atomic E-state index is 0.0565. The second kappa shape index (κ2) is 6.79. The lowest BCUT2D eigenvalue weighted by Gasteiger charge is -2.11. The standard InChI is InChI=1S/C18H12N2O5/c21-19(22)14-10-11-18(16(12-14)20(23)24)25-17-9-5-4-8-15(17)13-6-2-1-3-7-13/h1-12H. The highest BCUT2D eigenvalue weighted by molar-refractivity contribution is 5.71. The Morgan fingerprint density at radius 2 is 1.40 bits per heavy atom. The number of hydrogen-bond acceptors (Lipinski definition) is 5. The van der Waals surface area contributed by atoms with Gasteiger partial charge in [-0.3, -0.25) is 20.2 Å². The first-order valence-electron chi connectivity index (χ1n) is 7.31. The summed E-state index contributed by atoms with van der Waals surface area (Å²) in [6.45, 7) is 0. The van der Waals surface area contributed by atoms with E-state index in [0.29, 0.717) is 5.75 Å². The summed E-state index contributed by atoms with van der Waals surface area (Å²) in [4.78, 5) is 20.7. The molecule has 0 saturated heterocycles. The first-order chi connectivity index (χ1) is 12.1. The van der Waals surface area contributed by atoms with Crippen LogP contribution in [0.5, 0.6) is 11.5 Å². The molecule has 0 aromatic heterocycles. The zero-order valence-corrected chi connectivity index (χ0v) is 12.9. The highest BCUT2D eigenvalue weighted by Crippen LogP contribution is 2.38. The third-order valence-corrected chi connectivity index (χ3v) is 3.54. The molecule has 0 N–H and O–H groups in total. The SMILES string of the molecule is O=[N+]([O-])c1ccc(Oc2ccccc2-c2ccccc2)c([N+](=O)[O-])c1. The summed E-state index contributed by atoms with van der Waals surface area (Å²) in [7, 11) is 0. The molecular weight excluding hydrogens is 324 g/mol. The number of para-hydroxylation sites is 1. The maximum Gasteiger partial charge on any atom is 0.318 e. The molecule has 0 fully saturated rings. The highest BCUT2D eigenvalue weighted by Gasteiger charge is 2.22. The Morgan fingerprint density at radius 3 is 2.08 bits per heavy atom. The predicted octanol–water partition coefficient (Wildman–Crippen LogP) is 4.96. The molecule has 3 aromatic carbocycles. The molecule has 25 heavy (non-hydrogen) atoms. The molecule has 0 saturated carbocycles. The van der Waals surface area contributed by atoms with Crippen molar-refractivity contribution in [3.8, 4) is 22.6 Å². The van der Waals surface area contributed by atoms with Crippen LogP contribution in [-0.2, 0) is 0 Å². The van der Waals surface area contributed by atoms with Gasteiger partial charge in [-0.15, -0.1) is 0 Å². The number of nitro groups is 2. The monoisotopic (exact) mass is 336 g/mol. The molecule has 0 amide bonds. The van der Waals surface area contributed by atoms with E-state index in [1.54, 1.807) is 12.1 Å². The van der Waals surface area contributed by atoms with Crippen LogP contribution < -0.4 is 4.74 Å². The molecule has 0 radical (unpaired) electrons. The summed E-state index contributed by atoms with van der Waals surface area (Å²) < 4.78 is 5.73. The molecule has 0 aliphatic heterocycles. The van der Waals surface area contributed by atoms with Gasteiger partial charge in [-0.05, 0) is 17.7 Å². The number of benzene rings is 3. The lowest BCUT2D eigenvalue weighted by atomic mass is 10.0. The van der Waals surface area contributed by atoms with Crippen LogP contribution in [0.25, 0.3) is 11.1 Å². The molecule has 0 unspecified atom stereocenters. The predicted molar refractivity (Wildman–Crippen MR) is 91.7 cm³/mol. The smallest absolute Gasteiger partial charge is 0.318 e. The van der Waals surface area contributed by atoms with Gasteiger partial charge in [-0.25, -0.2) is 0 Å². The third kappa shape index (κ3) is 3.45. The van der Waals surface area contributed by atoms with Gasteiger partial charge in [0.15, 0.2) is 0 Å². The van der Waals surface area contributed by atoms with Crippen LogP contribution in [-0.4, -0.2) is 9.85 Å². The van der Waals surface area contributed by atoms with Gasteiger partial charge in [0.25, 0.3) is 5.69 Å². The van der Waals surface area contributed by atoms with Crippen LogP contribution in [0.15, 0.2) is 72.8 Å². The zero-order chi connectivity index (χ0) is 17.8. The van der Waals surface area contributed by atoms with Gasteiger partial charge in [0.2, 0.25) is 5.75 Å². The highest BCUT2D eigenvalue weighted by atomic mass is 16.6. The summed E-state index contributed by atoms with van der Waals surface area (Å²) in [5, 5.41) is 22.1. The van der Waals surface area contributed by atoms with Crippen molar-refractivity contribution >= 4 is 11.4 Å². The van der Waals surface area contributed by atoms with Gasteiger partial charge in [0.05, 0.1) is 15.9 Å². The van der Waals surface area contributed by atoms with Crippen molar-refractivity contribution in [3.05, 3.63) is 93.0 Å². The number of non-ortho nitro benzene ring substituents is 1. The van der Waals surface area contributed by atoms with Crippen molar-refractivity contribution in [2.24, 2.45) is 0 Å². The molecule has 7 nitrogen and oxygen atoms in total. The molecule has 3 rings (SSSR count). The van der Waals surface area contributed by atoms with Crippen molar-refractivity contribution in [1.82, 2.24) is 0 Å². The average molecular weight is 336 g/mol. The molecule has 0 aliphatic rings. The van der Waals surface area contributed by atoms with Gasteiger partial charge in [0, 0.05) is 11.6 Å². The topological polar surface area (TPSA) is 95.5 Å². The molecule has 7 heteroatoms. The molecule has 0 heterocycles. The van der Waals surface area contributed by atoms with E-state index in [1.165, 1.54) is 12.1 Å². The fourth-order valence-electron chi connectivity index (χ4n) is 2.38. The van der Waals surface area contributed by atoms with Crippen LogP contribution >= 0.6 is 0 Å². The summed E-state index contributed by atoms with van der Waals surface area (Å²) in [5.41, 5.74) is 0.825. The number of ether oxygens (including phenoxy) is 1. The van der Waals surface area contributed by atoms with Crippen LogP contribution in [0.3, 0.4) is 0 Å². The normalized spacial score (nSPS) is 10.2. The first-order valence-corrected chi connectivity index (χ1v) is 7.31. The van der Waals surface area contributed by atoms with Crippen molar-refractivity contribution in [1.29, 1.82) is 0 Å². The third-order valence-electron chi connectivity index (χ3n) is 3.54. The summed E-state index contributed by atoms with van der Waals surface area (Å²) in [6, 6.07) is 19.8. The van der Waals surface area contributed by atoms with Crippen LogP contribution in [0.4, 0.5) is 11.4 Å². The Labute approximate surface area is 142 Å². The van der Waals surface area contributed by atoms with Crippen molar-refractivity contribution in [2.75, 3.05) is 0 Å². The van der Waals surface area contributed by atoms with Gasteiger partial charge in [0.1, 0.15) is 5.75 Å². The summed E-state index contributed by atoms with van der Waals surface area (Å²) in [6.07, 6.45) is 0. The van der Waals surface area contributed by atoms with E-state index in [9.17, 15) is 20.2 Å². The van der Waals surface area contributed by atoms with Gasteiger partial charge < -0.3 is 4.74 Å². The summed E-state index contributed by atoms with van der Waals surface area (Å²) >= 11 is 0. The Kier molecular flexibility index (Phi) is 4.38. The summed E-state index contributed by atoms with van der Waals surface area (Å²) in [5.74, 6) is 0.365.